The molecule has 1 heterocycles. The van der Waals surface area contributed by atoms with Gasteiger partial charge in [0.05, 0.1) is 11.6 Å². The maximum Gasteiger partial charge on any atom is 0.128 e. The van der Waals surface area contributed by atoms with Gasteiger partial charge in [-0.05, 0) is 42.8 Å². The molecule has 0 radical (unpaired) electrons. The topological polar surface area (TPSA) is 30.3 Å². The van der Waals surface area contributed by atoms with Crippen molar-refractivity contribution in [2.75, 3.05) is 31.1 Å². The van der Waals surface area contributed by atoms with Gasteiger partial charge in [-0.15, -0.1) is 0 Å². The van der Waals surface area contributed by atoms with Gasteiger partial charge in [0.25, 0.3) is 0 Å². The molecule has 124 valence electrons. The number of nitriles is 1. The van der Waals surface area contributed by atoms with Gasteiger partial charge >= 0.3 is 0 Å². The van der Waals surface area contributed by atoms with E-state index in [2.05, 4.69) is 31.8 Å². The van der Waals surface area contributed by atoms with E-state index < -0.39 is 0 Å². The fraction of sp³-hybridized carbons (Fsp3) is 0.316. The predicted molar refractivity (Wildman–Crippen MR) is 97.4 cm³/mol. The quantitative estimate of drug-likeness (QED) is 0.791. The fourth-order valence-corrected chi connectivity index (χ4v) is 3.36. The first-order valence-corrected chi connectivity index (χ1v) is 8.86. The molecule has 1 aliphatic rings. The van der Waals surface area contributed by atoms with Gasteiger partial charge in [0, 0.05) is 48.4 Å². The molecule has 1 fully saturated rings. The molecule has 24 heavy (non-hydrogen) atoms. The number of hydrogen-bond donors (Lipinski definition) is 0. The van der Waals surface area contributed by atoms with E-state index in [1.54, 1.807) is 0 Å². The second-order valence-electron chi connectivity index (χ2n) is 6.01. The van der Waals surface area contributed by atoms with Crippen molar-refractivity contribution in [3.63, 3.8) is 0 Å². The number of hydrogen-bond acceptors (Lipinski definition) is 3. The van der Waals surface area contributed by atoms with Crippen molar-refractivity contribution in [3.8, 4) is 6.07 Å². The van der Waals surface area contributed by atoms with E-state index in [4.69, 9.17) is 5.26 Å². The molecule has 2 aromatic rings. The lowest BCUT2D eigenvalue weighted by molar-refractivity contribution is 0.281. The summed E-state index contributed by atoms with van der Waals surface area (Å²) in [7, 11) is 0. The highest BCUT2D eigenvalue weighted by Gasteiger charge is 2.16. The summed E-state index contributed by atoms with van der Waals surface area (Å²) in [4.78, 5) is 4.63. The lowest BCUT2D eigenvalue weighted by Crippen LogP contribution is -2.30. The van der Waals surface area contributed by atoms with Gasteiger partial charge in [-0.3, -0.25) is 4.90 Å². The molecule has 1 aliphatic heterocycles. The monoisotopic (exact) mass is 387 g/mol. The number of nitrogens with zero attached hydrogens (tertiary/aromatic N) is 3. The minimum atomic E-state index is -0.155. The summed E-state index contributed by atoms with van der Waals surface area (Å²) in [5, 5.41) is 8.89. The first-order valence-electron chi connectivity index (χ1n) is 8.07. The van der Waals surface area contributed by atoms with E-state index >= 15 is 0 Å². The normalized spacial score (nSPS) is 15.8. The van der Waals surface area contributed by atoms with Crippen molar-refractivity contribution in [3.05, 3.63) is 63.9 Å². The van der Waals surface area contributed by atoms with Crippen LogP contribution in [0.5, 0.6) is 0 Å². The molecule has 0 saturated carbocycles. The summed E-state index contributed by atoms with van der Waals surface area (Å²) in [6.45, 7) is 4.38. The molecule has 0 unspecified atom stereocenters. The molecule has 5 heteroatoms. The summed E-state index contributed by atoms with van der Waals surface area (Å²) in [5.41, 5.74) is 2.57. The molecule has 1 saturated heterocycles. The second kappa shape index (κ2) is 7.78. The molecule has 3 nitrogen and oxygen atoms in total. The van der Waals surface area contributed by atoms with Crippen molar-refractivity contribution >= 4 is 21.6 Å². The molecule has 0 aromatic heterocycles. The molecule has 0 atom stereocenters. The Balaban J connectivity index is 1.63. The highest BCUT2D eigenvalue weighted by atomic mass is 79.9. The first-order chi connectivity index (χ1) is 11.7. The smallest absolute Gasteiger partial charge is 0.128 e. The van der Waals surface area contributed by atoms with Crippen molar-refractivity contribution in [1.29, 1.82) is 5.26 Å². The van der Waals surface area contributed by atoms with E-state index in [-0.39, 0.29) is 5.82 Å². The molecular weight excluding hydrogens is 369 g/mol. The third-order valence-corrected chi connectivity index (χ3v) is 4.85. The van der Waals surface area contributed by atoms with Crippen molar-refractivity contribution in [2.45, 2.75) is 13.0 Å². The van der Waals surface area contributed by atoms with Gasteiger partial charge in [0.15, 0.2) is 0 Å². The van der Waals surface area contributed by atoms with Crippen LogP contribution >= 0.6 is 15.9 Å². The Kier molecular flexibility index (Phi) is 5.49. The summed E-state index contributed by atoms with van der Waals surface area (Å²) >= 11 is 3.30. The summed E-state index contributed by atoms with van der Waals surface area (Å²) < 4.78 is 14.8. The lowest BCUT2D eigenvalue weighted by Gasteiger charge is -2.24. The van der Waals surface area contributed by atoms with Crippen LogP contribution in [0.25, 0.3) is 0 Å². The zero-order valence-electron chi connectivity index (χ0n) is 13.4. The highest BCUT2D eigenvalue weighted by Crippen LogP contribution is 2.20. The largest absolute Gasteiger partial charge is 0.370 e. The van der Waals surface area contributed by atoms with Crippen molar-refractivity contribution in [2.24, 2.45) is 0 Å². The van der Waals surface area contributed by atoms with Crippen LogP contribution in [0.15, 0.2) is 46.9 Å². The zero-order valence-corrected chi connectivity index (χ0v) is 15.0. The third-order valence-electron chi connectivity index (χ3n) is 4.36. The summed E-state index contributed by atoms with van der Waals surface area (Å²) in [5.74, 6) is -0.155. The molecule has 0 amide bonds. The third kappa shape index (κ3) is 4.14. The Morgan fingerprint density at radius 3 is 2.54 bits per heavy atom. The molecule has 0 aliphatic carbocycles. The van der Waals surface area contributed by atoms with Crippen LogP contribution in [0.4, 0.5) is 10.1 Å². The average Bonchev–Trinajstić information content (AvgIpc) is 2.83. The van der Waals surface area contributed by atoms with Gasteiger partial charge in [-0.1, -0.05) is 22.0 Å². The van der Waals surface area contributed by atoms with E-state index in [1.165, 1.54) is 6.07 Å². The summed E-state index contributed by atoms with van der Waals surface area (Å²) in [6, 6.07) is 15.1. The van der Waals surface area contributed by atoms with Crippen LogP contribution in [0.3, 0.4) is 0 Å². The van der Waals surface area contributed by atoms with Crippen molar-refractivity contribution in [1.82, 2.24) is 4.90 Å². The lowest BCUT2D eigenvalue weighted by atomic mass is 10.2. The Morgan fingerprint density at radius 2 is 1.83 bits per heavy atom. The number of anilines is 1. The predicted octanol–water partition coefficient (Wildman–Crippen LogP) is 4.17. The first kappa shape index (κ1) is 16.9. The van der Waals surface area contributed by atoms with Gasteiger partial charge in [0.1, 0.15) is 5.82 Å². The summed E-state index contributed by atoms with van der Waals surface area (Å²) in [6.07, 6.45) is 1.04. The van der Waals surface area contributed by atoms with E-state index in [1.807, 2.05) is 36.4 Å². The van der Waals surface area contributed by atoms with Crippen LogP contribution in [0.2, 0.25) is 0 Å². The number of benzene rings is 2. The Hall–Kier alpha value is -1.90. The van der Waals surface area contributed by atoms with Crippen LogP contribution in [0, 0.1) is 17.1 Å². The Morgan fingerprint density at radius 1 is 1.04 bits per heavy atom. The van der Waals surface area contributed by atoms with Gasteiger partial charge in [-0.2, -0.15) is 5.26 Å². The van der Waals surface area contributed by atoms with Crippen LogP contribution in [-0.4, -0.2) is 31.1 Å². The van der Waals surface area contributed by atoms with Gasteiger partial charge < -0.3 is 4.90 Å². The van der Waals surface area contributed by atoms with Crippen LogP contribution < -0.4 is 4.90 Å². The SMILES string of the molecule is N#Cc1ccc(N2CCCN(Cc3ccc(Br)cc3F)CC2)cc1. The molecular formula is C19H19BrFN3. The Bertz CT molecular complexity index is 739. The van der Waals surface area contributed by atoms with E-state index in [0.29, 0.717) is 12.1 Å². The number of halogens is 2. The fourth-order valence-electron chi connectivity index (χ4n) is 3.02. The van der Waals surface area contributed by atoms with Gasteiger partial charge in [-0.25, -0.2) is 4.39 Å². The van der Waals surface area contributed by atoms with Crippen molar-refractivity contribution < 1.29 is 4.39 Å². The maximum absolute atomic E-state index is 14.0. The second-order valence-corrected chi connectivity index (χ2v) is 6.93. The molecule has 2 aromatic carbocycles. The maximum atomic E-state index is 14.0. The van der Waals surface area contributed by atoms with E-state index in [0.717, 1.165) is 48.3 Å². The van der Waals surface area contributed by atoms with Crippen LogP contribution in [-0.2, 0) is 6.54 Å². The molecule has 0 N–H and O–H groups in total. The zero-order chi connectivity index (χ0) is 16.9. The standard InChI is InChI=1S/C19H19BrFN3/c20-17-5-4-16(19(21)12-17)14-23-8-1-9-24(11-10-23)18-6-2-15(13-22)3-7-18/h2-7,12H,1,8-11,14H2. The Labute approximate surface area is 150 Å². The van der Waals surface area contributed by atoms with Crippen LogP contribution in [0.1, 0.15) is 17.5 Å². The minimum Gasteiger partial charge on any atom is -0.370 e. The highest BCUT2D eigenvalue weighted by molar-refractivity contribution is 9.10. The van der Waals surface area contributed by atoms with Gasteiger partial charge in [0.2, 0.25) is 0 Å². The van der Waals surface area contributed by atoms with E-state index in [9.17, 15) is 4.39 Å². The molecule has 3 rings (SSSR count). The number of rotatable bonds is 3. The average molecular weight is 388 g/mol. The molecule has 0 bridgehead atoms. The molecule has 0 spiro atoms. The minimum absolute atomic E-state index is 0.155.